The molecular formula is C12H20N2O2S. The molecular weight excluding hydrogens is 236 g/mol. The van der Waals surface area contributed by atoms with Crippen LogP contribution in [-0.4, -0.2) is 26.8 Å². The Labute approximate surface area is 103 Å². The summed E-state index contributed by atoms with van der Waals surface area (Å²) >= 11 is 0. The van der Waals surface area contributed by atoms with E-state index in [-0.39, 0.29) is 6.54 Å². The quantitative estimate of drug-likeness (QED) is 0.840. The third-order valence-electron chi connectivity index (χ3n) is 2.78. The number of hydrogen-bond donors (Lipinski definition) is 1. The lowest BCUT2D eigenvalue weighted by atomic mass is 10.3. The fourth-order valence-electron chi connectivity index (χ4n) is 1.78. The van der Waals surface area contributed by atoms with Crippen molar-refractivity contribution < 1.29 is 8.42 Å². The van der Waals surface area contributed by atoms with E-state index >= 15 is 0 Å². The molecule has 1 aromatic carbocycles. The maximum atomic E-state index is 12.4. The minimum atomic E-state index is -3.36. The normalized spacial score (nSPS) is 13.4. The first-order chi connectivity index (χ1) is 8.07. The summed E-state index contributed by atoms with van der Waals surface area (Å²) in [6.07, 6.45) is 0.530. The van der Waals surface area contributed by atoms with Gasteiger partial charge in [-0.2, -0.15) is 0 Å². The maximum Gasteiger partial charge on any atom is 0.239 e. The van der Waals surface area contributed by atoms with Gasteiger partial charge in [0.2, 0.25) is 10.0 Å². The Morgan fingerprint density at radius 2 is 1.82 bits per heavy atom. The van der Waals surface area contributed by atoms with Gasteiger partial charge in [-0.15, -0.1) is 0 Å². The first kappa shape index (κ1) is 14.0. The molecule has 0 aliphatic carbocycles. The largest absolute Gasteiger partial charge is 0.329 e. The molecule has 0 aromatic heterocycles. The molecule has 4 nitrogen and oxygen atoms in total. The molecule has 1 unspecified atom stereocenters. The summed E-state index contributed by atoms with van der Waals surface area (Å²) in [6.45, 7) is 4.24. The highest BCUT2D eigenvalue weighted by atomic mass is 32.2. The fourth-order valence-corrected chi connectivity index (χ4v) is 3.58. The zero-order valence-electron chi connectivity index (χ0n) is 10.3. The summed E-state index contributed by atoms with van der Waals surface area (Å²) in [5, 5.41) is -0.511. The topological polar surface area (TPSA) is 63.4 Å². The second kappa shape index (κ2) is 6.02. The summed E-state index contributed by atoms with van der Waals surface area (Å²) in [5.41, 5.74) is 6.23. The summed E-state index contributed by atoms with van der Waals surface area (Å²) < 4.78 is 26.2. The van der Waals surface area contributed by atoms with Crippen molar-refractivity contribution >= 4 is 15.7 Å². The van der Waals surface area contributed by atoms with Gasteiger partial charge in [-0.3, -0.25) is 4.31 Å². The number of nitrogens with zero attached hydrogens (tertiary/aromatic N) is 1. The van der Waals surface area contributed by atoms with Gasteiger partial charge in [0, 0.05) is 13.1 Å². The summed E-state index contributed by atoms with van der Waals surface area (Å²) in [6, 6.07) is 9.12. The van der Waals surface area contributed by atoms with Crippen LogP contribution in [0, 0.1) is 0 Å². The molecule has 1 atom stereocenters. The molecule has 0 amide bonds. The van der Waals surface area contributed by atoms with Crippen LogP contribution in [0.5, 0.6) is 0 Å². The number of para-hydroxylation sites is 1. The highest BCUT2D eigenvalue weighted by molar-refractivity contribution is 7.93. The third-order valence-corrected chi connectivity index (χ3v) is 5.23. The van der Waals surface area contributed by atoms with E-state index in [0.29, 0.717) is 18.7 Å². The molecule has 0 saturated carbocycles. The van der Waals surface area contributed by atoms with Crippen LogP contribution in [0.15, 0.2) is 30.3 Å². The number of benzene rings is 1. The van der Waals surface area contributed by atoms with E-state index in [2.05, 4.69) is 0 Å². The Morgan fingerprint density at radius 3 is 2.24 bits per heavy atom. The Hall–Kier alpha value is -1.07. The SMILES string of the molecule is CCC(CN)S(=O)(=O)N(CC)c1ccccc1. The van der Waals surface area contributed by atoms with Gasteiger partial charge in [-0.25, -0.2) is 8.42 Å². The van der Waals surface area contributed by atoms with Crippen LogP contribution in [-0.2, 0) is 10.0 Å². The standard InChI is InChI=1S/C12H20N2O2S/c1-3-12(10-13)17(15,16)14(4-2)11-8-6-5-7-9-11/h5-9,12H,3-4,10,13H2,1-2H3. The molecule has 2 N–H and O–H groups in total. The lowest BCUT2D eigenvalue weighted by Crippen LogP contribution is -2.42. The van der Waals surface area contributed by atoms with E-state index in [4.69, 9.17) is 5.73 Å². The van der Waals surface area contributed by atoms with Crippen LogP contribution in [0.2, 0.25) is 0 Å². The molecule has 96 valence electrons. The van der Waals surface area contributed by atoms with Crippen LogP contribution in [0.25, 0.3) is 0 Å². The first-order valence-electron chi connectivity index (χ1n) is 5.84. The molecule has 0 bridgehead atoms. The molecule has 0 aliphatic heterocycles. The van der Waals surface area contributed by atoms with Crippen molar-refractivity contribution in [1.82, 2.24) is 0 Å². The summed E-state index contributed by atoms with van der Waals surface area (Å²) in [4.78, 5) is 0. The number of nitrogens with two attached hydrogens (primary N) is 1. The van der Waals surface area contributed by atoms with E-state index in [1.807, 2.05) is 32.0 Å². The van der Waals surface area contributed by atoms with Crippen LogP contribution in [0.1, 0.15) is 20.3 Å². The molecule has 17 heavy (non-hydrogen) atoms. The van der Waals surface area contributed by atoms with E-state index in [0.717, 1.165) is 0 Å². The summed E-state index contributed by atoms with van der Waals surface area (Å²) in [5.74, 6) is 0. The van der Waals surface area contributed by atoms with Crippen LogP contribution < -0.4 is 10.0 Å². The average molecular weight is 256 g/mol. The van der Waals surface area contributed by atoms with Crippen molar-refractivity contribution in [1.29, 1.82) is 0 Å². The predicted octanol–water partition coefficient (Wildman–Crippen LogP) is 1.58. The molecule has 0 aliphatic rings. The molecule has 0 fully saturated rings. The minimum Gasteiger partial charge on any atom is -0.329 e. The van der Waals surface area contributed by atoms with Gasteiger partial charge in [-0.05, 0) is 25.5 Å². The maximum absolute atomic E-state index is 12.4. The van der Waals surface area contributed by atoms with Crippen LogP contribution in [0.4, 0.5) is 5.69 Å². The lowest BCUT2D eigenvalue weighted by Gasteiger charge is -2.27. The molecule has 5 heteroatoms. The monoisotopic (exact) mass is 256 g/mol. The van der Waals surface area contributed by atoms with E-state index in [1.165, 1.54) is 4.31 Å². The van der Waals surface area contributed by atoms with Crippen molar-refractivity contribution in [2.75, 3.05) is 17.4 Å². The lowest BCUT2D eigenvalue weighted by molar-refractivity contribution is 0.571. The highest BCUT2D eigenvalue weighted by Crippen LogP contribution is 2.21. The Kier molecular flexibility index (Phi) is 4.96. The minimum absolute atomic E-state index is 0.155. The van der Waals surface area contributed by atoms with Gasteiger partial charge in [0.25, 0.3) is 0 Å². The fraction of sp³-hybridized carbons (Fsp3) is 0.500. The first-order valence-corrected chi connectivity index (χ1v) is 7.34. The van der Waals surface area contributed by atoms with Gasteiger partial charge < -0.3 is 5.73 Å². The van der Waals surface area contributed by atoms with E-state index in [9.17, 15) is 8.42 Å². The van der Waals surface area contributed by atoms with Crippen molar-refractivity contribution in [3.8, 4) is 0 Å². The number of hydrogen-bond acceptors (Lipinski definition) is 3. The number of anilines is 1. The van der Waals surface area contributed by atoms with Crippen molar-refractivity contribution in [3.63, 3.8) is 0 Å². The molecule has 0 heterocycles. The summed E-state index contributed by atoms with van der Waals surface area (Å²) in [7, 11) is -3.36. The van der Waals surface area contributed by atoms with Crippen molar-refractivity contribution in [2.24, 2.45) is 5.73 Å². The van der Waals surface area contributed by atoms with E-state index < -0.39 is 15.3 Å². The Balaban J connectivity index is 3.11. The Morgan fingerprint density at radius 1 is 1.24 bits per heavy atom. The van der Waals surface area contributed by atoms with Crippen LogP contribution >= 0.6 is 0 Å². The zero-order chi connectivity index (χ0) is 12.9. The van der Waals surface area contributed by atoms with Crippen molar-refractivity contribution in [2.45, 2.75) is 25.5 Å². The molecule has 0 radical (unpaired) electrons. The third kappa shape index (κ3) is 2.98. The van der Waals surface area contributed by atoms with Gasteiger partial charge >= 0.3 is 0 Å². The zero-order valence-corrected chi connectivity index (χ0v) is 11.2. The van der Waals surface area contributed by atoms with Crippen LogP contribution in [0.3, 0.4) is 0 Å². The Bertz CT molecular complexity index is 427. The molecule has 0 spiro atoms. The predicted molar refractivity (Wildman–Crippen MR) is 71.5 cm³/mol. The van der Waals surface area contributed by atoms with Gasteiger partial charge in [0.1, 0.15) is 0 Å². The van der Waals surface area contributed by atoms with E-state index in [1.54, 1.807) is 12.1 Å². The molecule has 1 rings (SSSR count). The second-order valence-electron chi connectivity index (χ2n) is 3.81. The average Bonchev–Trinajstić information content (AvgIpc) is 2.32. The smallest absolute Gasteiger partial charge is 0.239 e. The van der Waals surface area contributed by atoms with Gasteiger partial charge in [0.15, 0.2) is 0 Å². The second-order valence-corrected chi connectivity index (χ2v) is 5.95. The van der Waals surface area contributed by atoms with Gasteiger partial charge in [-0.1, -0.05) is 25.1 Å². The molecule has 0 saturated heterocycles. The van der Waals surface area contributed by atoms with Gasteiger partial charge in [0.05, 0.1) is 10.9 Å². The van der Waals surface area contributed by atoms with Crippen molar-refractivity contribution in [3.05, 3.63) is 30.3 Å². The number of rotatable bonds is 6. The molecule has 1 aromatic rings. The highest BCUT2D eigenvalue weighted by Gasteiger charge is 2.28. The number of sulfonamides is 1.